The first kappa shape index (κ1) is 33.0. The molecule has 45 heavy (non-hydrogen) atoms. The van der Waals surface area contributed by atoms with Gasteiger partial charge in [-0.2, -0.15) is 26.3 Å². The number of alkyl halides is 6. The number of ether oxygens (including phenoxy) is 2. The van der Waals surface area contributed by atoms with Crippen molar-refractivity contribution < 1.29 is 54.8 Å². The van der Waals surface area contributed by atoms with Crippen LogP contribution in [0.2, 0.25) is 10.0 Å². The van der Waals surface area contributed by atoms with E-state index in [9.17, 15) is 45.3 Å². The zero-order chi connectivity index (χ0) is 32.8. The summed E-state index contributed by atoms with van der Waals surface area (Å²) in [6, 6.07) is 2.89. The van der Waals surface area contributed by atoms with E-state index in [0.717, 1.165) is 46.0 Å². The molecule has 10 nitrogen and oxygen atoms in total. The molecule has 2 N–H and O–H groups in total. The summed E-state index contributed by atoms with van der Waals surface area (Å²) < 4.78 is 123. The number of aromatic nitrogens is 6. The van der Waals surface area contributed by atoms with Crippen molar-refractivity contribution in [2.45, 2.75) is 42.8 Å². The van der Waals surface area contributed by atoms with Crippen LogP contribution in [0.15, 0.2) is 42.9 Å². The predicted octanol–water partition coefficient (Wildman–Crippen LogP) is 5.11. The van der Waals surface area contributed by atoms with Gasteiger partial charge < -0.3 is 19.7 Å². The van der Waals surface area contributed by atoms with E-state index in [-0.39, 0.29) is 10.7 Å². The van der Waals surface area contributed by atoms with Crippen LogP contribution in [0.25, 0.3) is 16.9 Å². The van der Waals surface area contributed by atoms with Crippen LogP contribution >= 0.6 is 23.2 Å². The molecule has 1 aliphatic heterocycles. The van der Waals surface area contributed by atoms with Gasteiger partial charge >= 0.3 is 12.4 Å². The summed E-state index contributed by atoms with van der Waals surface area (Å²) in [5, 5.41) is 35.2. The summed E-state index contributed by atoms with van der Waals surface area (Å²) in [6.45, 7) is -2.89. The number of nitrogens with zero attached hydrogens (tertiary/aromatic N) is 6. The molecular formula is C25H18Cl2F8N6O4. The van der Waals surface area contributed by atoms with E-state index in [4.69, 9.17) is 32.7 Å². The third-order valence-corrected chi connectivity index (χ3v) is 7.31. The molecule has 0 radical (unpaired) electrons. The molecule has 0 saturated carbocycles. The van der Waals surface area contributed by atoms with Gasteiger partial charge in [-0.05, 0) is 30.3 Å². The summed E-state index contributed by atoms with van der Waals surface area (Å²) in [4.78, 5) is 0. The number of aliphatic hydroxyl groups excluding tert-OH is 2. The Balaban J connectivity index is 1.64. The topological polar surface area (TPSA) is 120 Å². The smallest absolute Gasteiger partial charge is 0.394 e. The number of benzene rings is 2. The molecule has 0 unspecified atom stereocenters. The van der Waals surface area contributed by atoms with E-state index in [1.807, 2.05) is 0 Å². The molecule has 5 atom stereocenters. The molecule has 3 heterocycles. The van der Waals surface area contributed by atoms with Gasteiger partial charge in [0.15, 0.2) is 17.5 Å². The van der Waals surface area contributed by atoms with E-state index in [2.05, 4.69) is 20.5 Å². The highest BCUT2D eigenvalue weighted by atomic mass is 35.5. The lowest BCUT2D eigenvalue weighted by atomic mass is 9.91. The molecular weight excluding hydrogens is 671 g/mol. The van der Waals surface area contributed by atoms with Gasteiger partial charge in [0.1, 0.15) is 49.1 Å². The first-order valence-electron chi connectivity index (χ1n) is 12.6. The first-order chi connectivity index (χ1) is 21.1. The fourth-order valence-corrected chi connectivity index (χ4v) is 5.13. The molecule has 20 heteroatoms. The van der Waals surface area contributed by atoms with Crippen LogP contribution in [-0.2, 0) is 15.7 Å². The van der Waals surface area contributed by atoms with E-state index in [1.54, 1.807) is 0 Å². The van der Waals surface area contributed by atoms with Gasteiger partial charge in [0.05, 0.1) is 29.1 Å². The SMILES string of the molecule is OC[C@H]1O[C@@H](c2nncn2-c2cc(Cl)ccc2C(F)(F)F)[C@H](OCC(F)(F)F)[C@@H](n2cc(-c3ccc(Cl)c(F)c3F)nn2)[C@H]1O. The fourth-order valence-electron chi connectivity index (χ4n) is 4.82. The Morgan fingerprint density at radius 1 is 1.00 bits per heavy atom. The molecule has 242 valence electrons. The third-order valence-electron chi connectivity index (χ3n) is 6.79. The second-order valence-electron chi connectivity index (χ2n) is 9.67. The van der Waals surface area contributed by atoms with Gasteiger partial charge in [-0.3, -0.25) is 4.57 Å². The number of hydrogen-bond donors (Lipinski definition) is 2. The zero-order valence-electron chi connectivity index (χ0n) is 22.0. The number of halogens is 10. The van der Waals surface area contributed by atoms with E-state index < -0.39 is 95.3 Å². The Morgan fingerprint density at radius 2 is 1.73 bits per heavy atom. The zero-order valence-corrected chi connectivity index (χ0v) is 23.5. The molecule has 0 amide bonds. The number of rotatable bonds is 7. The lowest BCUT2D eigenvalue weighted by Gasteiger charge is -2.43. The van der Waals surface area contributed by atoms with Crippen LogP contribution in [0.3, 0.4) is 0 Å². The Morgan fingerprint density at radius 3 is 2.40 bits per heavy atom. The van der Waals surface area contributed by atoms with Gasteiger partial charge in [-0.15, -0.1) is 15.3 Å². The highest BCUT2D eigenvalue weighted by molar-refractivity contribution is 6.31. The van der Waals surface area contributed by atoms with Crippen molar-refractivity contribution in [3.8, 4) is 16.9 Å². The van der Waals surface area contributed by atoms with Crippen LogP contribution in [0, 0.1) is 11.6 Å². The molecule has 1 fully saturated rings. The molecule has 4 aromatic rings. The quantitative estimate of drug-likeness (QED) is 0.203. The van der Waals surface area contributed by atoms with Gasteiger partial charge in [-0.25, -0.2) is 13.5 Å². The van der Waals surface area contributed by atoms with Crippen LogP contribution < -0.4 is 0 Å². The van der Waals surface area contributed by atoms with Crippen molar-refractivity contribution in [3.05, 3.63) is 75.9 Å². The van der Waals surface area contributed by atoms with Crippen LogP contribution in [-0.4, -0.2) is 77.7 Å². The number of hydrogen-bond acceptors (Lipinski definition) is 8. The molecule has 2 aromatic carbocycles. The number of aliphatic hydroxyl groups is 2. The highest BCUT2D eigenvalue weighted by Crippen LogP contribution is 2.43. The Labute approximate surface area is 256 Å². The first-order valence-corrected chi connectivity index (χ1v) is 13.3. The normalized spacial score (nSPS) is 22.6. The minimum atomic E-state index is -4.95. The fraction of sp³-hybridized carbons (Fsp3) is 0.360. The minimum Gasteiger partial charge on any atom is -0.394 e. The third kappa shape index (κ3) is 6.61. The Bertz CT molecular complexity index is 1680. The maximum Gasteiger partial charge on any atom is 0.418 e. The standard InChI is InChI=1S/C25H18Cl2F8N6O4/c26-10-1-3-12(25(33,34)35)15(5-10)40-9-36-38-23(40)22-21(44-8-24(30,31)32)19(20(43)16(7-42)45-22)41-6-14(37-39-41)11-2-4-13(27)18(29)17(11)28/h1-6,9,16,19-22,42-43H,7-8H2/t16-,19+,20+,21-,22-/m1/s1. The molecule has 2 aromatic heterocycles. The highest BCUT2D eigenvalue weighted by Gasteiger charge is 2.51. The van der Waals surface area contributed by atoms with Gasteiger partial charge in [0, 0.05) is 10.6 Å². The maximum absolute atomic E-state index is 14.6. The summed E-state index contributed by atoms with van der Waals surface area (Å²) >= 11 is 11.5. The van der Waals surface area contributed by atoms with E-state index in [1.165, 1.54) is 0 Å². The second kappa shape index (κ2) is 12.4. The average molecular weight is 689 g/mol. The second-order valence-corrected chi connectivity index (χ2v) is 10.5. The minimum absolute atomic E-state index is 0.144. The van der Waals surface area contributed by atoms with Crippen LogP contribution in [0.4, 0.5) is 35.1 Å². The Hall–Kier alpha value is -3.42. The van der Waals surface area contributed by atoms with Crippen LogP contribution in [0.1, 0.15) is 23.5 Å². The Kier molecular flexibility index (Phi) is 9.09. The van der Waals surface area contributed by atoms with Gasteiger partial charge in [-0.1, -0.05) is 28.4 Å². The summed E-state index contributed by atoms with van der Waals surface area (Å²) in [6.07, 6.45) is -15.4. The van der Waals surface area contributed by atoms with Crippen LogP contribution in [0.5, 0.6) is 0 Å². The van der Waals surface area contributed by atoms with Gasteiger partial charge in [0.25, 0.3) is 0 Å². The monoisotopic (exact) mass is 688 g/mol. The molecule has 1 aliphatic rings. The van der Waals surface area contributed by atoms with Crippen molar-refractivity contribution in [3.63, 3.8) is 0 Å². The van der Waals surface area contributed by atoms with Crippen molar-refractivity contribution in [1.82, 2.24) is 29.8 Å². The van der Waals surface area contributed by atoms with Crippen molar-refractivity contribution in [2.75, 3.05) is 13.2 Å². The average Bonchev–Trinajstić information content (AvgIpc) is 3.64. The van der Waals surface area contributed by atoms with Gasteiger partial charge in [0.2, 0.25) is 0 Å². The lowest BCUT2D eigenvalue weighted by Crippen LogP contribution is -2.54. The van der Waals surface area contributed by atoms with Crippen molar-refractivity contribution >= 4 is 23.2 Å². The molecule has 0 bridgehead atoms. The summed E-state index contributed by atoms with van der Waals surface area (Å²) in [7, 11) is 0. The summed E-state index contributed by atoms with van der Waals surface area (Å²) in [5.74, 6) is -3.37. The molecule has 1 saturated heterocycles. The van der Waals surface area contributed by atoms with E-state index in [0.29, 0.717) is 6.07 Å². The van der Waals surface area contributed by atoms with Crippen molar-refractivity contribution in [2.24, 2.45) is 0 Å². The lowest BCUT2D eigenvalue weighted by molar-refractivity contribution is -0.253. The molecule has 0 spiro atoms. The molecule has 0 aliphatic carbocycles. The maximum atomic E-state index is 14.6. The largest absolute Gasteiger partial charge is 0.418 e. The van der Waals surface area contributed by atoms with Crippen molar-refractivity contribution in [1.29, 1.82) is 0 Å². The summed E-state index contributed by atoms with van der Waals surface area (Å²) in [5.41, 5.74) is -2.64. The van der Waals surface area contributed by atoms with E-state index >= 15 is 0 Å². The molecule has 5 rings (SSSR count). The predicted molar refractivity (Wildman–Crippen MR) is 137 cm³/mol.